The highest BCUT2D eigenvalue weighted by Gasteiger charge is 2.30. The van der Waals surface area contributed by atoms with E-state index in [9.17, 15) is 9.59 Å². The Balaban J connectivity index is 0.000000654. The van der Waals surface area contributed by atoms with Crippen LogP contribution in [0.1, 0.15) is 58.7 Å². The predicted octanol–water partition coefficient (Wildman–Crippen LogP) is 1.91. The minimum atomic E-state index is -0.306. The van der Waals surface area contributed by atoms with Crippen LogP contribution in [0.15, 0.2) is 30.5 Å². The highest BCUT2D eigenvalue weighted by Crippen LogP contribution is 2.27. The highest BCUT2D eigenvalue weighted by molar-refractivity contribution is 6.05. The number of benzene rings is 1. The van der Waals surface area contributed by atoms with Gasteiger partial charge in [0.05, 0.1) is 12.3 Å². The van der Waals surface area contributed by atoms with Crippen molar-refractivity contribution in [3.63, 3.8) is 0 Å². The van der Waals surface area contributed by atoms with E-state index in [2.05, 4.69) is 29.1 Å². The number of rotatable bonds is 9. The van der Waals surface area contributed by atoms with Crippen molar-refractivity contribution in [2.75, 3.05) is 12.4 Å². The average Bonchev–Trinajstić information content (AvgIpc) is 3.11. The van der Waals surface area contributed by atoms with Crippen molar-refractivity contribution in [2.45, 2.75) is 45.9 Å². The molecule has 1 atom stereocenters. The number of anilines is 1. The zero-order chi connectivity index (χ0) is 23.5. The van der Waals surface area contributed by atoms with Crippen molar-refractivity contribution in [3.05, 3.63) is 52.8 Å². The molecule has 2 heterocycles. The Bertz CT molecular complexity index is 959. The first kappa shape index (κ1) is 24.6. The number of hydrogen-bond donors (Lipinski definition) is 2. The molecule has 1 aromatic heterocycles. The van der Waals surface area contributed by atoms with Gasteiger partial charge in [0.1, 0.15) is 0 Å². The Morgan fingerprint density at radius 2 is 2.03 bits per heavy atom. The molecule has 0 saturated heterocycles. The van der Waals surface area contributed by atoms with Crippen LogP contribution in [-0.4, -0.2) is 52.7 Å². The number of methoxy groups -OCH3 is 1. The minimum Gasteiger partial charge on any atom is -0.378 e. The van der Waals surface area contributed by atoms with Gasteiger partial charge in [0.2, 0.25) is 18.8 Å². The van der Waals surface area contributed by atoms with Gasteiger partial charge in [-0.3, -0.25) is 24.5 Å². The summed E-state index contributed by atoms with van der Waals surface area (Å²) in [5.41, 5.74) is 2.72. The molecule has 1 aromatic carbocycles. The molecule has 170 valence electrons. The molecule has 1 unspecified atom stereocenters. The first-order chi connectivity index (χ1) is 15.4. The Morgan fingerprint density at radius 3 is 2.66 bits per heavy atom. The minimum absolute atomic E-state index is 0.0357. The Kier molecular flexibility index (Phi) is 9.43. The summed E-state index contributed by atoms with van der Waals surface area (Å²) in [6.45, 7) is 5.05. The third-order valence-corrected chi connectivity index (χ3v) is 4.80. The molecule has 10 heteroatoms. The molecule has 2 aromatic rings. The molecular weight excluding hydrogens is 414 g/mol. The van der Waals surface area contributed by atoms with Crippen molar-refractivity contribution in [3.8, 4) is 0 Å². The van der Waals surface area contributed by atoms with Crippen molar-refractivity contribution in [1.29, 1.82) is 0 Å². The van der Waals surface area contributed by atoms with Gasteiger partial charge in [-0.15, -0.1) is 0 Å². The fourth-order valence-electron chi connectivity index (χ4n) is 3.30. The number of nitrogens with zero attached hydrogens (tertiary/aromatic N) is 3. The van der Waals surface area contributed by atoms with Crippen LogP contribution in [0, 0.1) is 0 Å². The van der Waals surface area contributed by atoms with Gasteiger partial charge in [0.25, 0.3) is 11.8 Å². The molecule has 4 amide bonds. The molecule has 2 N–H and O–H groups in total. The van der Waals surface area contributed by atoms with Gasteiger partial charge in [0.15, 0.2) is 0 Å². The first-order valence-electron chi connectivity index (χ1n) is 10.1. The summed E-state index contributed by atoms with van der Waals surface area (Å²) in [5.74, 6) is -0.0438. The molecule has 10 nitrogen and oxygen atoms in total. The van der Waals surface area contributed by atoms with Gasteiger partial charge < -0.3 is 15.0 Å². The lowest BCUT2D eigenvalue weighted by Crippen LogP contribution is -2.33. The largest absolute Gasteiger partial charge is 0.378 e. The Hall–Kier alpha value is -3.66. The standard InChI is InChI=1S/C20H24N4O3.C2H3NO2/c1-4-5-13(2)24-11-15-10-14(6-7-17(15)19(24)26)18(25)23-20-21-9-8-16(22-20)12-27-3;4-1-3-2-5/h6-10,13H,4-5,11-12H2,1-3H3,(H,21,22,23,25);1-2H,(H,3,4,5). The fraction of sp³-hybridized carbons (Fsp3) is 0.364. The number of ether oxygens (including phenoxy) is 1. The van der Waals surface area contributed by atoms with Gasteiger partial charge >= 0.3 is 0 Å². The topological polar surface area (TPSA) is 131 Å². The monoisotopic (exact) mass is 441 g/mol. The second kappa shape index (κ2) is 12.3. The number of amides is 4. The van der Waals surface area contributed by atoms with Crippen LogP contribution >= 0.6 is 0 Å². The van der Waals surface area contributed by atoms with Crippen molar-refractivity contribution in [2.24, 2.45) is 0 Å². The van der Waals surface area contributed by atoms with Crippen LogP contribution in [-0.2, 0) is 27.5 Å². The van der Waals surface area contributed by atoms with Crippen LogP contribution in [0.5, 0.6) is 0 Å². The number of imide groups is 1. The first-order valence-corrected chi connectivity index (χ1v) is 10.1. The quantitative estimate of drug-likeness (QED) is 0.568. The lowest BCUT2D eigenvalue weighted by atomic mass is 10.1. The molecule has 0 radical (unpaired) electrons. The molecule has 0 saturated carbocycles. The maximum absolute atomic E-state index is 12.6. The number of carbonyl (C=O) groups excluding carboxylic acids is 4. The van der Waals surface area contributed by atoms with E-state index >= 15 is 0 Å². The van der Waals surface area contributed by atoms with Crippen LogP contribution in [0.25, 0.3) is 0 Å². The second-order valence-corrected chi connectivity index (χ2v) is 7.10. The molecule has 1 aliphatic heterocycles. The zero-order valence-corrected chi connectivity index (χ0v) is 18.3. The maximum Gasteiger partial charge on any atom is 0.258 e. The fourth-order valence-corrected chi connectivity index (χ4v) is 3.30. The number of carbonyl (C=O) groups is 4. The summed E-state index contributed by atoms with van der Waals surface area (Å²) in [4.78, 5) is 53.4. The molecule has 0 fully saturated rings. The molecule has 0 aliphatic carbocycles. The number of hydrogen-bond acceptors (Lipinski definition) is 7. The van der Waals surface area contributed by atoms with E-state index in [1.807, 2.05) is 4.90 Å². The summed E-state index contributed by atoms with van der Waals surface area (Å²) in [6.07, 6.45) is 4.19. The highest BCUT2D eigenvalue weighted by atomic mass is 16.5. The number of fused-ring (bicyclic) bond motifs is 1. The van der Waals surface area contributed by atoms with Crippen LogP contribution in [0.2, 0.25) is 0 Å². The van der Waals surface area contributed by atoms with E-state index < -0.39 is 0 Å². The van der Waals surface area contributed by atoms with Crippen LogP contribution in [0.3, 0.4) is 0 Å². The normalized spacial score (nSPS) is 12.8. The zero-order valence-electron chi connectivity index (χ0n) is 18.3. The number of aromatic nitrogens is 2. The van der Waals surface area contributed by atoms with Crippen molar-refractivity contribution >= 4 is 30.6 Å². The molecule has 0 bridgehead atoms. The molecule has 32 heavy (non-hydrogen) atoms. The van der Waals surface area contributed by atoms with E-state index in [0.29, 0.717) is 42.8 Å². The summed E-state index contributed by atoms with van der Waals surface area (Å²) in [7, 11) is 1.58. The Morgan fingerprint density at radius 1 is 1.28 bits per heavy atom. The van der Waals surface area contributed by atoms with Gasteiger partial charge in [-0.25, -0.2) is 9.97 Å². The molecule has 1 aliphatic rings. The average molecular weight is 441 g/mol. The lowest BCUT2D eigenvalue weighted by Gasteiger charge is -2.23. The van der Waals surface area contributed by atoms with Crippen LogP contribution < -0.4 is 10.6 Å². The smallest absolute Gasteiger partial charge is 0.258 e. The number of nitrogens with one attached hydrogen (secondary N) is 2. The van der Waals surface area contributed by atoms with E-state index in [4.69, 9.17) is 14.3 Å². The lowest BCUT2D eigenvalue weighted by molar-refractivity contribution is -0.117. The Labute approximate surface area is 186 Å². The second-order valence-electron chi connectivity index (χ2n) is 7.10. The van der Waals surface area contributed by atoms with E-state index in [0.717, 1.165) is 18.4 Å². The maximum atomic E-state index is 12.6. The van der Waals surface area contributed by atoms with Gasteiger partial charge in [-0.05, 0) is 43.2 Å². The van der Waals surface area contributed by atoms with Crippen molar-refractivity contribution in [1.82, 2.24) is 20.2 Å². The SMILES string of the molecule is CCCC(C)N1Cc2cc(C(=O)Nc3nccc(COC)n3)ccc2C1=O.O=CNC=O. The summed E-state index contributed by atoms with van der Waals surface area (Å²) in [6, 6.07) is 7.09. The van der Waals surface area contributed by atoms with Gasteiger partial charge in [-0.2, -0.15) is 0 Å². The van der Waals surface area contributed by atoms with E-state index in [1.54, 1.807) is 42.9 Å². The van der Waals surface area contributed by atoms with E-state index in [-0.39, 0.29) is 23.8 Å². The third-order valence-electron chi connectivity index (χ3n) is 4.80. The third kappa shape index (κ3) is 6.42. The van der Waals surface area contributed by atoms with Gasteiger partial charge in [0, 0.05) is 37.0 Å². The van der Waals surface area contributed by atoms with E-state index in [1.165, 1.54) is 0 Å². The summed E-state index contributed by atoms with van der Waals surface area (Å²) < 4.78 is 5.04. The molecular formula is C22H27N5O5. The van der Waals surface area contributed by atoms with Crippen LogP contribution in [0.4, 0.5) is 5.95 Å². The predicted molar refractivity (Wildman–Crippen MR) is 117 cm³/mol. The van der Waals surface area contributed by atoms with Crippen molar-refractivity contribution < 1.29 is 23.9 Å². The summed E-state index contributed by atoms with van der Waals surface area (Å²) >= 11 is 0. The molecule has 3 rings (SSSR count). The molecule has 0 spiro atoms. The summed E-state index contributed by atoms with van der Waals surface area (Å²) in [5, 5.41) is 4.45. The van der Waals surface area contributed by atoms with Gasteiger partial charge in [-0.1, -0.05) is 13.3 Å².